The quantitative estimate of drug-likeness (QED) is 0.834. The van der Waals surface area contributed by atoms with Gasteiger partial charge in [-0.3, -0.25) is 4.79 Å². The van der Waals surface area contributed by atoms with E-state index in [1.165, 1.54) is 6.07 Å². The van der Waals surface area contributed by atoms with Crippen LogP contribution >= 0.6 is 0 Å². The minimum Gasteiger partial charge on any atom is -0.381 e. The average molecular weight is 357 g/mol. The second-order valence-electron chi connectivity index (χ2n) is 6.55. The van der Waals surface area contributed by atoms with E-state index in [2.05, 4.69) is 15.6 Å². The summed E-state index contributed by atoms with van der Waals surface area (Å²) in [5, 5.41) is 6.10. The monoisotopic (exact) mass is 357 g/mol. The van der Waals surface area contributed by atoms with Gasteiger partial charge in [-0.2, -0.15) is 0 Å². The first-order chi connectivity index (χ1) is 12.6. The predicted molar refractivity (Wildman–Crippen MR) is 98.9 cm³/mol. The molecule has 1 fully saturated rings. The van der Waals surface area contributed by atoms with Crippen molar-refractivity contribution in [2.24, 2.45) is 0 Å². The highest BCUT2D eigenvalue weighted by Crippen LogP contribution is 2.35. The van der Waals surface area contributed by atoms with Crippen LogP contribution in [0.25, 0.3) is 0 Å². The molecule has 6 heteroatoms. The lowest BCUT2D eigenvalue weighted by molar-refractivity contribution is 0.0542. The zero-order chi connectivity index (χ0) is 18.4. The lowest BCUT2D eigenvalue weighted by atomic mass is 9.74. The van der Waals surface area contributed by atoms with E-state index in [-0.39, 0.29) is 17.1 Å². The number of aromatic nitrogens is 1. The molecule has 2 aromatic rings. The van der Waals surface area contributed by atoms with Crippen molar-refractivity contribution in [3.8, 4) is 0 Å². The number of pyridine rings is 1. The van der Waals surface area contributed by atoms with Gasteiger partial charge in [-0.05, 0) is 49.6 Å². The summed E-state index contributed by atoms with van der Waals surface area (Å²) < 4.78 is 19.2. The number of nitrogens with zero attached hydrogens (tertiary/aromatic N) is 1. The van der Waals surface area contributed by atoms with E-state index < -0.39 is 0 Å². The summed E-state index contributed by atoms with van der Waals surface area (Å²) in [6.07, 6.45) is 3.20. The second kappa shape index (κ2) is 8.27. The molecule has 1 amide bonds. The number of ether oxygens (including phenoxy) is 1. The Kier molecular flexibility index (Phi) is 5.83. The molecule has 0 radical (unpaired) electrons. The summed E-state index contributed by atoms with van der Waals surface area (Å²) in [4.78, 5) is 16.1. The van der Waals surface area contributed by atoms with Crippen LogP contribution in [0.3, 0.4) is 0 Å². The highest BCUT2D eigenvalue weighted by atomic mass is 19.1. The highest BCUT2D eigenvalue weighted by Gasteiger charge is 2.34. The summed E-state index contributed by atoms with van der Waals surface area (Å²) in [6.45, 7) is 4.40. The fourth-order valence-electron chi connectivity index (χ4n) is 3.30. The number of hydrogen-bond acceptors (Lipinski definition) is 4. The third-order valence-corrected chi connectivity index (χ3v) is 4.86. The average Bonchev–Trinajstić information content (AvgIpc) is 2.68. The third kappa shape index (κ3) is 4.19. The van der Waals surface area contributed by atoms with Crippen LogP contribution in [0.15, 0.2) is 42.6 Å². The van der Waals surface area contributed by atoms with Crippen LogP contribution in [0.2, 0.25) is 0 Å². The number of nitrogens with one attached hydrogen (secondary N) is 2. The van der Waals surface area contributed by atoms with Crippen molar-refractivity contribution in [2.75, 3.05) is 31.6 Å². The summed E-state index contributed by atoms with van der Waals surface area (Å²) in [7, 11) is 0. The molecule has 1 aliphatic rings. The van der Waals surface area contributed by atoms with E-state index in [0.29, 0.717) is 37.7 Å². The molecule has 0 unspecified atom stereocenters. The molecule has 0 aliphatic carbocycles. The maximum Gasteiger partial charge on any atom is 0.252 e. The van der Waals surface area contributed by atoms with Gasteiger partial charge in [0.25, 0.3) is 5.91 Å². The van der Waals surface area contributed by atoms with Gasteiger partial charge in [0.15, 0.2) is 0 Å². The Morgan fingerprint density at radius 2 is 2.08 bits per heavy atom. The van der Waals surface area contributed by atoms with E-state index in [0.717, 1.165) is 18.4 Å². The first-order valence-corrected chi connectivity index (χ1v) is 8.95. The first kappa shape index (κ1) is 18.3. The molecule has 2 heterocycles. The molecular weight excluding hydrogens is 333 g/mol. The molecule has 3 rings (SSSR count). The Hall–Kier alpha value is -2.47. The third-order valence-electron chi connectivity index (χ3n) is 4.86. The van der Waals surface area contributed by atoms with Crippen molar-refractivity contribution in [2.45, 2.75) is 25.2 Å². The minimum absolute atomic E-state index is 0.132. The summed E-state index contributed by atoms with van der Waals surface area (Å²) >= 11 is 0. The number of rotatable bonds is 6. The van der Waals surface area contributed by atoms with Gasteiger partial charge in [-0.1, -0.05) is 12.1 Å². The first-order valence-electron chi connectivity index (χ1n) is 8.95. The molecule has 0 bridgehead atoms. The Bertz CT molecular complexity index is 743. The molecule has 1 aromatic carbocycles. The van der Waals surface area contributed by atoms with Crippen LogP contribution in [0, 0.1) is 5.82 Å². The highest BCUT2D eigenvalue weighted by molar-refractivity contribution is 5.93. The van der Waals surface area contributed by atoms with Gasteiger partial charge in [0, 0.05) is 37.9 Å². The topological polar surface area (TPSA) is 63.2 Å². The molecule has 26 heavy (non-hydrogen) atoms. The maximum atomic E-state index is 13.7. The zero-order valence-corrected chi connectivity index (χ0v) is 14.9. The lowest BCUT2D eigenvalue weighted by Crippen LogP contribution is -2.40. The van der Waals surface area contributed by atoms with Gasteiger partial charge < -0.3 is 15.4 Å². The van der Waals surface area contributed by atoms with Crippen molar-refractivity contribution < 1.29 is 13.9 Å². The van der Waals surface area contributed by atoms with Crippen LogP contribution < -0.4 is 10.6 Å². The van der Waals surface area contributed by atoms with E-state index in [1.807, 2.05) is 13.0 Å². The molecule has 2 N–H and O–H groups in total. The van der Waals surface area contributed by atoms with E-state index in [1.54, 1.807) is 30.5 Å². The Morgan fingerprint density at radius 1 is 1.27 bits per heavy atom. The molecule has 0 saturated carbocycles. The SMILES string of the molecule is CCNC(=O)c1ccc(NCC2(c3cccc(F)c3)CCOCC2)nc1. The molecule has 5 nitrogen and oxygen atoms in total. The number of anilines is 1. The normalized spacial score (nSPS) is 16.1. The lowest BCUT2D eigenvalue weighted by Gasteiger charge is -2.38. The number of hydrogen-bond donors (Lipinski definition) is 2. The van der Waals surface area contributed by atoms with Crippen LogP contribution in [-0.4, -0.2) is 37.2 Å². The number of benzene rings is 1. The molecule has 0 spiro atoms. The van der Waals surface area contributed by atoms with Gasteiger partial charge in [-0.25, -0.2) is 9.37 Å². The minimum atomic E-state index is -0.224. The molecular formula is C20H24FN3O2. The van der Waals surface area contributed by atoms with Crippen molar-refractivity contribution in [1.82, 2.24) is 10.3 Å². The Morgan fingerprint density at radius 3 is 2.73 bits per heavy atom. The Labute approximate surface area is 153 Å². The molecule has 1 aromatic heterocycles. The Balaban J connectivity index is 1.73. The van der Waals surface area contributed by atoms with Crippen molar-refractivity contribution in [1.29, 1.82) is 0 Å². The van der Waals surface area contributed by atoms with Crippen molar-refractivity contribution in [3.05, 3.63) is 59.5 Å². The predicted octanol–water partition coefficient (Wildman–Crippen LogP) is 3.13. The van der Waals surface area contributed by atoms with Gasteiger partial charge in [0.2, 0.25) is 0 Å². The summed E-state index contributed by atoms with van der Waals surface area (Å²) in [6, 6.07) is 10.3. The zero-order valence-electron chi connectivity index (χ0n) is 14.9. The number of carbonyl (C=O) groups excluding carboxylic acids is 1. The van der Waals surface area contributed by atoms with E-state index in [4.69, 9.17) is 4.74 Å². The van der Waals surface area contributed by atoms with E-state index >= 15 is 0 Å². The summed E-state index contributed by atoms with van der Waals surface area (Å²) in [5.41, 5.74) is 1.32. The summed E-state index contributed by atoms with van der Waals surface area (Å²) in [5.74, 6) is 0.338. The number of amides is 1. The molecule has 0 atom stereocenters. The largest absolute Gasteiger partial charge is 0.381 e. The maximum absolute atomic E-state index is 13.7. The van der Waals surface area contributed by atoms with Crippen LogP contribution in [0.4, 0.5) is 10.2 Å². The van der Waals surface area contributed by atoms with Gasteiger partial charge in [0.1, 0.15) is 11.6 Å². The van der Waals surface area contributed by atoms with Crippen LogP contribution in [0.5, 0.6) is 0 Å². The fraction of sp³-hybridized carbons (Fsp3) is 0.400. The van der Waals surface area contributed by atoms with E-state index in [9.17, 15) is 9.18 Å². The van der Waals surface area contributed by atoms with Crippen molar-refractivity contribution >= 4 is 11.7 Å². The second-order valence-corrected chi connectivity index (χ2v) is 6.55. The number of halogens is 1. The standard InChI is InChI=1S/C20H24FN3O2/c1-2-22-19(25)15-6-7-18(23-13-15)24-14-20(8-10-26-11-9-20)16-4-3-5-17(21)12-16/h3-7,12-13H,2,8-11,14H2,1H3,(H,22,25)(H,23,24). The smallest absolute Gasteiger partial charge is 0.252 e. The fourth-order valence-corrected chi connectivity index (χ4v) is 3.30. The molecule has 1 saturated heterocycles. The molecule has 138 valence electrons. The van der Waals surface area contributed by atoms with Gasteiger partial charge >= 0.3 is 0 Å². The van der Waals surface area contributed by atoms with Crippen molar-refractivity contribution in [3.63, 3.8) is 0 Å². The van der Waals surface area contributed by atoms with Gasteiger partial charge in [0.05, 0.1) is 5.56 Å². The van der Waals surface area contributed by atoms with Crippen LogP contribution in [-0.2, 0) is 10.2 Å². The van der Waals surface area contributed by atoms with Gasteiger partial charge in [-0.15, -0.1) is 0 Å². The molecule has 1 aliphatic heterocycles. The number of carbonyl (C=O) groups is 1. The van der Waals surface area contributed by atoms with Crippen LogP contribution in [0.1, 0.15) is 35.7 Å².